The van der Waals surface area contributed by atoms with E-state index in [0.717, 1.165) is 24.7 Å². The highest BCUT2D eigenvalue weighted by Gasteiger charge is 2.62. The minimum Gasteiger partial charge on any atom is -0.481 e. The molecule has 0 spiro atoms. The summed E-state index contributed by atoms with van der Waals surface area (Å²) in [5, 5.41) is 20.5. The lowest BCUT2D eigenvalue weighted by Gasteiger charge is -2.62. The molecule has 0 aromatic carbocycles. The van der Waals surface area contributed by atoms with Gasteiger partial charge in [0, 0.05) is 6.42 Å². The summed E-state index contributed by atoms with van der Waals surface area (Å²) in [6.07, 6.45) is 12.5. The molecule has 0 radical (unpaired) electrons. The van der Waals surface area contributed by atoms with Crippen molar-refractivity contribution in [3.63, 3.8) is 0 Å². The number of fused-ring (bicyclic) bond motifs is 5. The van der Waals surface area contributed by atoms with Gasteiger partial charge in [0.15, 0.2) is 0 Å². The highest BCUT2D eigenvalue weighted by molar-refractivity contribution is 5.66. The molecule has 0 amide bonds. The average Bonchev–Trinajstić information content (AvgIpc) is 2.95. The molecule has 9 atom stereocenters. The molecule has 0 bridgehead atoms. The maximum Gasteiger partial charge on any atom is 0.303 e. The molecule has 27 heavy (non-hydrogen) atoms. The van der Waals surface area contributed by atoms with Crippen LogP contribution in [0.15, 0.2) is 0 Å². The second-order valence-electron chi connectivity index (χ2n) is 11.2. The second kappa shape index (κ2) is 7.04. The normalized spacial score (nSPS) is 50.4. The quantitative estimate of drug-likeness (QED) is 0.680. The Morgan fingerprint density at radius 2 is 1.85 bits per heavy atom. The molecule has 2 N–H and O–H groups in total. The number of carbonyl (C=O) groups is 1. The van der Waals surface area contributed by atoms with Gasteiger partial charge in [-0.05, 0) is 97.7 Å². The fourth-order valence-corrected chi connectivity index (χ4v) is 8.95. The van der Waals surface area contributed by atoms with Crippen LogP contribution in [0.25, 0.3) is 0 Å². The molecule has 154 valence electrons. The van der Waals surface area contributed by atoms with Crippen LogP contribution in [0.3, 0.4) is 0 Å². The molecule has 0 unspecified atom stereocenters. The standard InChI is InChI=1S/C24H40O3/c1-15(7-12-21(26)27)18-10-11-19-17-9-8-16-6-4-5-13-23(16,2)22(17)20(25)14-24(18,19)3/h15-20,22,25H,4-14H2,1-3H3,(H,26,27)/t15-,16+,17+,18-,19+,20+,22-,23+,24-/m1/s1. The first-order valence-electron chi connectivity index (χ1n) is 11.7. The first kappa shape index (κ1) is 19.7. The van der Waals surface area contributed by atoms with Crippen molar-refractivity contribution >= 4 is 5.97 Å². The smallest absolute Gasteiger partial charge is 0.303 e. The molecular formula is C24H40O3. The maximum atomic E-state index is 11.4. The lowest BCUT2D eigenvalue weighted by Crippen LogP contribution is -2.58. The number of hydrogen-bond acceptors (Lipinski definition) is 2. The summed E-state index contributed by atoms with van der Waals surface area (Å²) in [5.41, 5.74) is 0.561. The Labute approximate surface area is 165 Å². The molecule has 4 fully saturated rings. The topological polar surface area (TPSA) is 57.5 Å². The van der Waals surface area contributed by atoms with Crippen molar-refractivity contribution in [2.24, 2.45) is 46.3 Å². The van der Waals surface area contributed by atoms with Crippen molar-refractivity contribution < 1.29 is 15.0 Å². The van der Waals surface area contributed by atoms with Crippen LogP contribution >= 0.6 is 0 Å². The van der Waals surface area contributed by atoms with Crippen molar-refractivity contribution in [3.8, 4) is 0 Å². The minimum atomic E-state index is -0.672. The Hall–Kier alpha value is -0.570. The van der Waals surface area contributed by atoms with E-state index in [2.05, 4.69) is 20.8 Å². The third kappa shape index (κ3) is 3.07. The first-order valence-corrected chi connectivity index (χ1v) is 11.7. The van der Waals surface area contributed by atoms with Gasteiger partial charge in [-0.3, -0.25) is 4.79 Å². The lowest BCUT2D eigenvalue weighted by molar-refractivity contribution is -0.171. The summed E-state index contributed by atoms with van der Waals surface area (Å²) < 4.78 is 0. The van der Waals surface area contributed by atoms with Gasteiger partial charge in [0.25, 0.3) is 0 Å². The molecule has 0 aromatic heterocycles. The van der Waals surface area contributed by atoms with Crippen LogP contribution in [0.4, 0.5) is 0 Å². The number of aliphatic hydroxyl groups is 1. The molecule has 4 rings (SSSR count). The fraction of sp³-hybridized carbons (Fsp3) is 0.958. The number of aliphatic carboxylic acids is 1. The molecule has 4 aliphatic carbocycles. The van der Waals surface area contributed by atoms with E-state index < -0.39 is 5.97 Å². The third-order valence-corrected chi connectivity index (χ3v) is 10.1. The van der Waals surface area contributed by atoms with Crippen LogP contribution in [0, 0.1) is 46.3 Å². The van der Waals surface area contributed by atoms with Gasteiger partial charge in [-0.15, -0.1) is 0 Å². The molecule has 4 saturated carbocycles. The Morgan fingerprint density at radius 3 is 2.59 bits per heavy atom. The van der Waals surface area contributed by atoms with Crippen LogP contribution in [0.1, 0.15) is 91.4 Å². The summed E-state index contributed by atoms with van der Waals surface area (Å²) in [6.45, 7) is 7.22. The fourth-order valence-electron chi connectivity index (χ4n) is 8.95. The van der Waals surface area contributed by atoms with E-state index in [9.17, 15) is 9.90 Å². The summed E-state index contributed by atoms with van der Waals surface area (Å²) >= 11 is 0. The zero-order valence-electron chi connectivity index (χ0n) is 17.6. The van der Waals surface area contributed by atoms with Gasteiger partial charge >= 0.3 is 5.97 Å². The average molecular weight is 377 g/mol. The van der Waals surface area contributed by atoms with Crippen LogP contribution in [-0.2, 0) is 4.79 Å². The van der Waals surface area contributed by atoms with Crippen molar-refractivity contribution in [3.05, 3.63) is 0 Å². The molecule has 0 aromatic rings. The van der Waals surface area contributed by atoms with E-state index in [0.29, 0.717) is 29.1 Å². The van der Waals surface area contributed by atoms with Gasteiger partial charge < -0.3 is 10.2 Å². The molecule has 0 heterocycles. The minimum absolute atomic E-state index is 0.158. The molecular weight excluding hydrogens is 336 g/mol. The Balaban J connectivity index is 1.57. The van der Waals surface area contributed by atoms with Crippen molar-refractivity contribution in [2.75, 3.05) is 0 Å². The second-order valence-corrected chi connectivity index (χ2v) is 11.2. The SMILES string of the molecule is C[C@H](CCC(=O)O)[C@H]1CC[C@H]2[C@@H]3CC[C@@H]4CCCC[C@]4(C)[C@H]3[C@@H](O)C[C@]12C. The van der Waals surface area contributed by atoms with Crippen molar-refractivity contribution in [1.29, 1.82) is 0 Å². The zero-order chi connectivity index (χ0) is 19.4. The number of aliphatic hydroxyl groups excluding tert-OH is 1. The molecule has 4 aliphatic rings. The van der Waals surface area contributed by atoms with Gasteiger partial charge in [-0.2, -0.15) is 0 Å². The number of rotatable bonds is 4. The predicted molar refractivity (Wildman–Crippen MR) is 107 cm³/mol. The highest BCUT2D eigenvalue weighted by Crippen LogP contribution is 2.68. The third-order valence-electron chi connectivity index (χ3n) is 10.1. The summed E-state index contributed by atoms with van der Waals surface area (Å²) in [5.74, 6) is 3.11. The molecule has 3 nitrogen and oxygen atoms in total. The van der Waals surface area contributed by atoms with Gasteiger partial charge in [-0.25, -0.2) is 0 Å². The number of carboxylic acids is 1. The summed E-state index contributed by atoms with van der Waals surface area (Å²) in [7, 11) is 0. The van der Waals surface area contributed by atoms with Crippen molar-refractivity contribution in [2.45, 2.75) is 97.5 Å². The molecule has 0 saturated heterocycles. The Morgan fingerprint density at radius 1 is 1.07 bits per heavy atom. The Kier molecular flexibility index (Phi) is 5.15. The molecule has 0 aliphatic heterocycles. The van der Waals surface area contributed by atoms with Crippen LogP contribution in [-0.4, -0.2) is 22.3 Å². The monoisotopic (exact) mass is 376 g/mol. The predicted octanol–water partition coefficient (Wildman–Crippen LogP) is 5.51. The van der Waals surface area contributed by atoms with E-state index in [1.807, 2.05) is 0 Å². The van der Waals surface area contributed by atoms with E-state index in [1.165, 1.54) is 51.4 Å². The number of hydrogen-bond donors (Lipinski definition) is 2. The maximum absolute atomic E-state index is 11.4. The highest BCUT2D eigenvalue weighted by atomic mass is 16.4. The van der Waals surface area contributed by atoms with Crippen LogP contribution in [0.2, 0.25) is 0 Å². The first-order chi connectivity index (χ1) is 12.8. The van der Waals surface area contributed by atoms with Crippen LogP contribution < -0.4 is 0 Å². The van der Waals surface area contributed by atoms with Gasteiger partial charge in [0.2, 0.25) is 0 Å². The lowest BCUT2D eigenvalue weighted by atomic mass is 9.43. The Bertz CT molecular complexity index is 574. The van der Waals surface area contributed by atoms with E-state index >= 15 is 0 Å². The van der Waals surface area contributed by atoms with Crippen LogP contribution in [0.5, 0.6) is 0 Å². The van der Waals surface area contributed by atoms with Gasteiger partial charge in [0.1, 0.15) is 0 Å². The van der Waals surface area contributed by atoms with Gasteiger partial charge in [-0.1, -0.05) is 33.6 Å². The largest absolute Gasteiger partial charge is 0.481 e. The van der Waals surface area contributed by atoms with E-state index in [1.54, 1.807) is 0 Å². The number of carboxylic acid groups (broad SMARTS) is 1. The summed E-state index contributed by atoms with van der Waals surface area (Å²) in [6, 6.07) is 0. The van der Waals surface area contributed by atoms with E-state index in [4.69, 9.17) is 5.11 Å². The zero-order valence-corrected chi connectivity index (χ0v) is 17.6. The molecule has 3 heteroatoms. The van der Waals surface area contributed by atoms with Crippen molar-refractivity contribution in [1.82, 2.24) is 0 Å². The van der Waals surface area contributed by atoms with Gasteiger partial charge in [0.05, 0.1) is 6.10 Å². The summed E-state index contributed by atoms with van der Waals surface area (Å²) in [4.78, 5) is 11.1. The van der Waals surface area contributed by atoms with E-state index in [-0.39, 0.29) is 17.9 Å².